The van der Waals surface area contributed by atoms with Crippen LogP contribution in [-0.4, -0.2) is 89.8 Å². The van der Waals surface area contributed by atoms with Gasteiger partial charge in [0.15, 0.2) is 0 Å². The van der Waals surface area contributed by atoms with Gasteiger partial charge < -0.3 is 41.1 Å². The standard InChI is InChI=1S/C11H17N3O6.C4H4O4/c1-20-10-5(6(15)7(16)8(17)9(10)18)14-3-2-4(12)13-11(14)19;5-3(6)1-2-4(7)8/h2-3,5-10,15-18H,1H3,(H2,12,13,19);1-2H,(H,5,6)(H,7,8)/b;2-1+/t5-,6-,7-,8+,9+,10+;/m1./s1. The Kier molecular flexibility index (Phi) is 8.21. The van der Waals surface area contributed by atoms with Crippen LogP contribution in [0.25, 0.3) is 0 Å². The molecule has 6 atom stereocenters. The molecule has 0 unspecified atom stereocenters. The highest BCUT2D eigenvalue weighted by Gasteiger charge is 2.50. The minimum Gasteiger partial charge on any atom is -0.478 e. The highest BCUT2D eigenvalue weighted by molar-refractivity contribution is 5.89. The predicted octanol–water partition coefficient (Wildman–Crippen LogP) is -3.45. The molecule has 2 rings (SSSR count). The Bertz CT molecular complexity index is 764. The van der Waals surface area contributed by atoms with Gasteiger partial charge in [0.1, 0.15) is 36.3 Å². The lowest BCUT2D eigenvalue weighted by Gasteiger charge is -2.43. The van der Waals surface area contributed by atoms with E-state index in [-0.39, 0.29) is 5.82 Å². The zero-order valence-electron chi connectivity index (χ0n) is 14.6. The monoisotopic (exact) mass is 403 g/mol. The maximum Gasteiger partial charge on any atom is 0.349 e. The van der Waals surface area contributed by atoms with Gasteiger partial charge in [-0.2, -0.15) is 4.98 Å². The average molecular weight is 403 g/mol. The van der Waals surface area contributed by atoms with E-state index in [2.05, 4.69) is 4.98 Å². The number of carboxylic acids is 2. The molecule has 0 amide bonds. The van der Waals surface area contributed by atoms with Crippen LogP contribution in [0.2, 0.25) is 0 Å². The number of ether oxygens (including phenoxy) is 1. The number of nitrogen functional groups attached to an aromatic ring is 1. The number of carbonyl (C=O) groups is 2. The van der Waals surface area contributed by atoms with Crippen LogP contribution in [-0.2, 0) is 14.3 Å². The maximum absolute atomic E-state index is 11.8. The van der Waals surface area contributed by atoms with E-state index in [1.807, 2.05) is 0 Å². The number of carboxylic acid groups (broad SMARTS) is 2. The highest BCUT2D eigenvalue weighted by atomic mass is 16.5. The number of methoxy groups -OCH3 is 1. The summed E-state index contributed by atoms with van der Waals surface area (Å²) in [5.41, 5.74) is 4.62. The molecule has 13 nitrogen and oxygen atoms in total. The number of nitrogens with zero attached hydrogens (tertiary/aromatic N) is 2. The second-order valence-electron chi connectivity index (χ2n) is 5.71. The molecule has 1 saturated carbocycles. The van der Waals surface area contributed by atoms with Crippen molar-refractivity contribution in [1.29, 1.82) is 0 Å². The van der Waals surface area contributed by atoms with Crippen LogP contribution in [0.4, 0.5) is 5.82 Å². The molecule has 0 bridgehead atoms. The number of hydrogen-bond donors (Lipinski definition) is 7. The number of aromatic nitrogens is 2. The molecule has 0 saturated heterocycles. The summed E-state index contributed by atoms with van der Waals surface area (Å²) in [7, 11) is 1.26. The summed E-state index contributed by atoms with van der Waals surface area (Å²) >= 11 is 0. The van der Waals surface area contributed by atoms with Crippen LogP contribution in [0.1, 0.15) is 6.04 Å². The Balaban J connectivity index is 0.000000416. The third-order valence-corrected chi connectivity index (χ3v) is 3.89. The van der Waals surface area contributed by atoms with Gasteiger partial charge in [-0.15, -0.1) is 0 Å². The van der Waals surface area contributed by atoms with E-state index in [1.54, 1.807) is 0 Å². The fourth-order valence-electron chi connectivity index (χ4n) is 2.59. The maximum atomic E-state index is 11.8. The van der Waals surface area contributed by atoms with Crippen LogP contribution >= 0.6 is 0 Å². The van der Waals surface area contributed by atoms with Gasteiger partial charge in [0.25, 0.3) is 0 Å². The number of aliphatic carboxylic acids is 2. The molecule has 1 fully saturated rings. The second kappa shape index (κ2) is 9.91. The quantitative estimate of drug-likeness (QED) is 0.244. The lowest BCUT2D eigenvalue weighted by atomic mass is 9.83. The van der Waals surface area contributed by atoms with Crippen molar-refractivity contribution in [2.24, 2.45) is 0 Å². The van der Waals surface area contributed by atoms with Crippen molar-refractivity contribution in [3.05, 3.63) is 34.9 Å². The lowest BCUT2D eigenvalue weighted by Crippen LogP contribution is -2.62. The first-order chi connectivity index (χ1) is 13.0. The smallest absolute Gasteiger partial charge is 0.349 e. The molecule has 1 aliphatic rings. The van der Waals surface area contributed by atoms with Crippen molar-refractivity contribution in [3.8, 4) is 0 Å². The molecule has 1 aliphatic carbocycles. The normalized spacial score (nSPS) is 29.8. The van der Waals surface area contributed by atoms with Crippen molar-refractivity contribution < 1.29 is 45.0 Å². The largest absolute Gasteiger partial charge is 0.478 e. The number of hydrogen-bond acceptors (Lipinski definition) is 10. The Morgan fingerprint density at radius 2 is 1.57 bits per heavy atom. The third-order valence-electron chi connectivity index (χ3n) is 3.89. The van der Waals surface area contributed by atoms with E-state index >= 15 is 0 Å². The Morgan fingerprint density at radius 1 is 1.07 bits per heavy atom. The molecule has 0 radical (unpaired) electrons. The Morgan fingerprint density at radius 3 is 2.00 bits per heavy atom. The summed E-state index contributed by atoms with van der Waals surface area (Å²) in [6.07, 6.45) is -4.87. The molecule has 0 aliphatic heterocycles. The van der Waals surface area contributed by atoms with Crippen LogP contribution in [0.5, 0.6) is 0 Å². The summed E-state index contributed by atoms with van der Waals surface area (Å²) in [4.78, 5) is 34.4. The van der Waals surface area contributed by atoms with Gasteiger partial charge in [-0.25, -0.2) is 14.4 Å². The van der Waals surface area contributed by atoms with E-state index in [0.29, 0.717) is 12.2 Å². The van der Waals surface area contributed by atoms with Gasteiger partial charge in [0.2, 0.25) is 0 Å². The average Bonchev–Trinajstić information content (AvgIpc) is 2.62. The van der Waals surface area contributed by atoms with Gasteiger partial charge >= 0.3 is 17.6 Å². The first kappa shape index (κ1) is 23.2. The molecular weight excluding hydrogens is 382 g/mol. The molecule has 0 spiro atoms. The first-order valence-electron chi connectivity index (χ1n) is 7.74. The SMILES string of the molecule is CO[C@@H]1[C@@H](O)[C@@H](O)[C@H](O)[C@H](O)[C@H]1n1ccc(N)nc1=O.O=C(O)/C=C/C(=O)O. The molecule has 13 heteroatoms. The van der Waals surface area contributed by atoms with Crippen molar-refractivity contribution in [2.75, 3.05) is 12.8 Å². The number of nitrogens with two attached hydrogens (primary N) is 1. The van der Waals surface area contributed by atoms with Crippen LogP contribution in [0, 0.1) is 0 Å². The van der Waals surface area contributed by atoms with Crippen LogP contribution in [0.3, 0.4) is 0 Å². The second-order valence-corrected chi connectivity index (χ2v) is 5.71. The summed E-state index contributed by atoms with van der Waals surface area (Å²) in [5, 5.41) is 54.9. The minimum absolute atomic E-state index is 0.00616. The third kappa shape index (κ3) is 5.58. The predicted molar refractivity (Wildman–Crippen MR) is 91.2 cm³/mol. The fourth-order valence-corrected chi connectivity index (χ4v) is 2.59. The molecule has 8 N–H and O–H groups in total. The molecule has 1 aromatic rings. The van der Waals surface area contributed by atoms with Crippen molar-refractivity contribution >= 4 is 17.8 Å². The lowest BCUT2D eigenvalue weighted by molar-refractivity contribution is -0.206. The summed E-state index contributed by atoms with van der Waals surface area (Å²) in [6.45, 7) is 0. The van der Waals surface area contributed by atoms with Gasteiger partial charge in [0.05, 0.1) is 6.04 Å². The van der Waals surface area contributed by atoms with Crippen molar-refractivity contribution in [3.63, 3.8) is 0 Å². The van der Waals surface area contributed by atoms with Crippen molar-refractivity contribution in [2.45, 2.75) is 36.6 Å². The van der Waals surface area contributed by atoms with E-state index in [9.17, 15) is 34.8 Å². The van der Waals surface area contributed by atoms with Gasteiger partial charge in [-0.1, -0.05) is 0 Å². The van der Waals surface area contributed by atoms with E-state index in [1.165, 1.54) is 19.4 Å². The molecule has 28 heavy (non-hydrogen) atoms. The van der Waals surface area contributed by atoms with Crippen LogP contribution < -0.4 is 11.4 Å². The zero-order chi connectivity index (χ0) is 21.6. The summed E-state index contributed by atoms with van der Waals surface area (Å²) in [6, 6.07) is 0.235. The number of aliphatic hydroxyl groups is 4. The number of rotatable bonds is 4. The first-order valence-corrected chi connectivity index (χ1v) is 7.74. The summed E-state index contributed by atoms with van der Waals surface area (Å²) < 4.78 is 6.05. The Hall–Kier alpha value is -2.84. The number of aliphatic hydroxyl groups excluding tert-OH is 4. The number of anilines is 1. The molecule has 1 heterocycles. The highest BCUT2D eigenvalue weighted by Crippen LogP contribution is 2.31. The molecular formula is C15H21N3O10. The van der Waals surface area contributed by atoms with Crippen LogP contribution in [0.15, 0.2) is 29.2 Å². The van der Waals surface area contributed by atoms with Gasteiger partial charge in [0, 0.05) is 25.5 Å². The van der Waals surface area contributed by atoms with E-state index < -0.39 is 54.2 Å². The Labute approximate surface area is 157 Å². The van der Waals surface area contributed by atoms with E-state index in [4.69, 9.17) is 20.7 Å². The van der Waals surface area contributed by atoms with Gasteiger partial charge in [-0.3, -0.25) is 4.57 Å². The van der Waals surface area contributed by atoms with E-state index in [0.717, 1.165) is 4.57 Å². The zero-order valence-corrected chi connectivity index (χ0v) is 14.6. The molecule has 0 aromatic carbocycles. The molecule has 1 aromatic heterocycles. The summed E-state index contributed by atoms with van der Waals surface area (Å²) in [5.74, 6) is -2.51. The minimum atomic E-state index is -1.62. The van der Waals surface area contributed by atoms with Crippen molar-refractivity contribution in [1.82, 2.24) is 9.55 Å². The van der Waals surface area contributed by atoms with Gasteiger partial charge in [-0.05, 0) is 6.07 Å². The topological polar surface area (TPSA) is 226 Å². The molecule has 156 valence electrons. The fraction of sp³-hybridized carbons (Fsp3) is 0.467.